The Morgan fingerprint density at radius 3 is 2.61 bits per heavy atom. The standard InChI is InChI=1S/C22H30N4O2/c27-21-15-19(16-26-10-4-9-23-26)14-20(21)24-22(28)25-11-7-18(8-12-25)13-17-5-2-1-3-6-17/h1-6,9-10,18-21,27H,7-8,11-16H2,(H,24,28)/t19?,20-,21-/m1/s1. The summed E-state index contributed by atoms with van der Waals surface area (Å²) in [5.74, 6) is 0.985. The summed E-state index contributed by atoms with van der Waals surface area (Å²) >= 11 is 0. The average Bonchev–Trinajstić information content (AvgIpc) is 3.33. The Kier molecular flexibility index (Phi) is 5.95. The summed E-state index contributed by atoms with van der Waals surface area (Å²) in [5.41, 5.74) is 1.38. The number of carbonyl (C=O) groups is 1. The fraction of sp³-hybridized carbons (Fsp3) is 0.545. The van der Waals surface area contributed by atoms with Crippen molar-refractivity contribution in [1.29, 1.82) is 0 Å². The molecule has 150 valence electrons. The zero-order valence-electron chi connectivity index (χ0n) is 16.3. The molecule has 2 aliphatic rings. The molecule has 1 aromatic heterocycles. The van der Waals surface area contributed by atoms with Crippen molar-refractivity contribution in [2.45, 2.75) is 50.8 Å². The average molecular weight is 383 g/mol. The number of nitrogens with one attached hydrogen (secondary N) is 1. The van der Waals surface area contributed by atoms with Crippen LogP contribution < -0.4 is 5.32 Å². The van der Waals surface area contributed by atoms with Crippen LogP contribution in [0.1, 0.15) is 31.2 Å². The number of aliphatic hydroxyl groups excluding tert-OH is 1. The minimum Gasteiger partial charge on any atom is -0.391 e. The number of hydrogen-bond donors (Lipinski definition) is 2. The highest BCUT2D eigenvalue weighted by atomic mass is 16.3. The second-order valence-electron chi connectivity index (χ2n) is 8.31. The number of amides is 2. The Hall–Kier alpha value is -2.34. The van der Waals surface area contributed by atoms with Gasteiger partial charge in [0, 0.05) is 32.0 Å². The van der Waals surface area contributed by atoms with Crippen LogP contribution in [0, 0.1) is 11.8 Å². The summed E-state index contributed by atoms with van der Waals surface area (Å²) in [7, 11) is 0. The van der Waals surface area contributed by atoms with Gasteiger partial charge in [0.15, 0.2) is 0 Å². The highest BCUT2D eigenvalue weighted by Gasteiger charge is 2.35. The van der Waals surface area contributed by atoms with Crippen molar-refractivity contribution in [2.24, 2.45) is 11.8 Å². The summed E-state index contributed by atoms with van der Waals surface area (Å²) in [6.45, 7) is 2.38. The molecule has 2 amide bonds. The number of urea groups is 1. The maximum atomic E-state index is 12.7. The Balaban J connectivity index is 1.22. The van der Waals surface area contributed by atoms with E-state index >= 15 is 0 Å². The lowest BCUT2D eigenvalue weighted by Crippen LogP contribution is -2.50. The molecule has 3 atom stereocenters. The Morgan fingerprint density at radius 1 is 1.11 bits per heavy atom. The molecule has 1 aliphatic heterocycles. The van der Waals surface area contributed by atoms with Gasteiger partial charge in [-0.15, -0.1) is 0 Å². The number of hydrogen-bond acceptors (Lipinski definition) is 3. The van der Waals surface area contributed by atoms with E-state index < -0.39 is 6.10 Å². The van der Waals surface area contributed by atoms with Gasteiger partial charge in [-0.2, -0.15) is 5.10 Å². The second-order valence-corrected chi connectivity index (χ2v) is 8.31. The van der Waals surface area contributed by atoms with Gasteiger partial charge in [-0.1, -0.05) is 30.3 Å². The predicted octanol–water partition coefficient (Wildman–Crippen LogP) is 2.69. The summed E-state index contributed by atoms with van der Waals surface area (Å²) in [5, 5.41) is 17.7. The van der Waals surface area contributed by atoms with Crippen molar-refractivity contribution >= 4 is 6.03 Å². The van der Waals surface area contributed by atoms with Crippen molar-refractivity contribution < 1.29 is 9.90 Å². The van der Waals surface area contributed by atoms with E-state index in [1.54, 1.807) is 6.20 Å². The van der Waals surface area contributed by atoms with Crippen molar-refractivity contribution in [3.05, 3.63) is 54.4 Å². The van der Waals surface area contributed by atoms with Crippen LogP contribution in [0.25, 0.3) is 0 Å². The molecule has 2 aromatic rings. The SMILES string of the molecule is O=C(N[C@@H]1CC(Cn2cccn2)C[C@H]1O)N1CCC(Cc2ccccc2)CC1. The molecule has 28 heavy (non-hydrogen) atoms. The van der Waals surface area contributed by atoms with Crippen LogP contribution in [0.3, 0.4) is 0 Å². The first-order valence-electron chi connectivity index (χ1n) is 10.4. The number of nitrogens with zero attached hydrogens (tertiary/aromatic N) is 3. The molecule has 0 spiro atoms. The molecule has 6 heteroatoms. The van der Waals surface area contributed by atoms with Crippen LogP contribution in [0.5, 0.6) is 0 Å². The zero-order chi connectivity index (χ0) is 19.3. The van der Waals surface area contributed by atoms with E-state index in [1.807, 2.05) is 27.9 Å². The molecule has 1 aromatic carbocycles. The largest absolute Gasteiger partial charge is 0.391 e. The summed E-state index contributed by atoms with van der Waals surface area (Å²) in [4.78, 5) is 14.6. The first-order chi connectivity index (χ1) is 13.7. The fourth-order valence-corrected chi connectivity index (χ4v) is 4.63. The van der Waals surface area contributed by atoms with Gasteiger partial charge in [-0.3, -0.25) is 4.68 Å². The van der Waals surface area contributed by atoms with Crippen LogP contribution in [0.15, 0.2) is 48.8 Å². The Bertz CT molecular complexity index is 741. The van der Waals surface area contributed by atoms with Crippen LogP contribution >= 0.6 is 0 Å². The van der Waals surface area contributed by atoms with Crippen LogP contribution in [0.4, 0.5) is 4.79 Å². The molecule has 0 radical (unpaired) electrons. The highest BCUT2D eigenvalue weighted by molar-refractivity contribution is 5.74. The number of benzene rings is 1. The third-order valence-corrected chi connectivity index (χ3v) is 6.21. The number of piperidine rings is 1. The lowest BCUT2D eigenvalue weighted by Gasteiger charge is -2.33. The van der Waals surface area contributed by atoms with E-state index in [-0.39, 0.29) is 12.1 Å². The monoisotopic (exact) mass is 382 g/mol. The van der Waals surface area contributed by atoms with Crippen molar-refractivity contribution in [3.8, 4) is 0 Å². The van der Waals surface area contributed by atoms with Crippen LogP contribution in [0.2, 0.25) is 0 Å². The smallest absolute Gasteiger partial charge is 0.317 e. The molecule has 1 saturated heterocycles. The third kappa shape index (κ3) is 4.73. The van der Waals surface area contributed by atoms with Gasteiger partial charge in [0.1, 0.15) is 0 Å². The number of aliphatic hydroxyl groups is 1. The maximum absolute atomic E-state index is 12.7. The molecule has 2 heterocycles. The number of carbonyl (C=O) groups excluding carboxylic acids is 1. The zero-order valence-corrected chi connectivity index (χ0v) is 16.3. The summed E-state index contributed by atoms with van der Waals surface area (Å²) < 4.78 is 1.90. The second kappa shape index (κ2) is 8.78. The minimum absolute atomic E-state index is 0.0260. The van der Waals surface area contributed by atoms with E-state index in [2.05, 4.69) is 34.7 Å². The van der Waals surface area contributed by atoms with Crippen molar-refractivity contribution in [3.63, 3.8) is 0 Å². The molecular weight excluding hydrogens is 352 g/mol. The lowest BCUT2D eigenvalue weighted by atomic mass is 9.90. The molecule has 6 nitrogen and oxygen atoms in total. The number of likely N-dealkylation sites (tertiary alicyclic amines) is 1. The van der Waals surface area contributed by atoms with Gasteiger partial charge in [-0.05, 0) is 55.6 Å². The topological polar surface area (TPSA) is 70.4 Å². The molecule has 1 unspecified atom stereocenters. The molecule has 2 N–H and O–H groups in total. The van der Waals surface area contributed by atoms with Gasteiger partial charge in [0.05, 0.1) is 12.1 Å². The predicted molar refractivity (Wildman–Crippen MR) is 108 cm³/mol. The van der Waals surface area contributed by atoms with E-state index in [0.29, 0.717) is 18.3 Å². The van der Waals surface area contributed by atoms with E-state index in [1.165, 1.54) is 5.56 Å². The normalized spacial score (nSPS) is 25.8. The van der Waals surface area contributed by atoms with Crippen LogP contribution in [-0.2, 0) is 13.0 Å². The Morgan fingerprint density at radius 2 is 1.89 bits per heavy atom. The van der Waals surface area contributed by atoms with E-state index in [4.69, 9.17) is 0 Å². The highest BCUT2D eigenvalue weighted by Crippen LogP contribution is 2.28. The third-order valence-electron chi connectivity index (χ3n) is 6.21. The van der Waals surface area contributed by atoms with E-state index in [0.717, 1.165) is 45.3 Å². The van der Waals surface area contributed by atoms with Crippen molar-refractivity contribution in [1.82, 2.24) is 20.0 Å². The molecule has 0 bridgehead atoms. The van der Waals surface area contributed by atoms with Gasteiger partial charge in [0.25, 0.3) is 0 Å². The first-order valence-corrected chi connectivity index (χ1v) is 10.4. The van der Waals surface area contributed by atoms with E-state index in [9.17, 15) is 9.90 Å². The molecule has 2 fully saturated rings. The summed E-state index contributed by atoms with van der Waals surface area (Å²) in [6.07, 6.45) is 7.92. The Labute approximate surface area is 166 Å². The molecular formula is C22H30N4O2. The molecule has 4 rings (SSSR count). The lowest BCUT2D eigenvalue weighted by molar-refractivity contribution is 0.132. The van der Waals surface area contributed by atoms with Gasteiger partial charge in [-0.25, -0.2) is 4.79 Å². The molecule has 1 aliphatic carbocycles. The maximum Gasteiger partial charge on any atom is 0.317 e. The van der Waals surface area contributed by atoms with Crippen LogP contribution in [-0.4, -0.2) is 51.1 Å². The van der Waals surface area contributed by atoms with Gasteiger partial charge >= 0.3 is 6.03 Å². The first kappa shape index (κ1) is 19.0. The number of rotatable bonds is 5. The van der Waals surface area contributed by atoms with Gasteiger partial charge < -0.3 is 15.3 Å². The van der Waals surface area contributed by atoms with Gasteiger partial charge in [0.2, 0.25) is 0 Å². The quantitative estimate of drug-likeness (QED) is 0.835. The summed E-state index contributed by atoms with van der Waals surface area (Å²) in [6, 6.07) is 12.3. The molecule has 1 saturated carbocycles. The minimum atomic E-state index is -0.472. The van der Waals surface area contributed by atoms with Crippen molar-refractivity contribution in [2.75, 3.05) is 13.1 Å². The number of aromatic nitrogens is 2. The fourth-order valence-electron chi connectivity index (χ4n) is 4.63.